The Morgan fingerprint density at radius 1 is 0.964 bits per heavy atom. The highest BCUT2D eigenvalue weighted by molar-refractivity contribution is 7.89. The molecule has 0 unspecified atom stereocenters. The lowest BCUT2D eigenvalue weighted by Crippen LogP contribution is -2.39. The summed E-state index contributed by atoms with van der Waals surface area (Å²) in [4.78, 5) is 0.338. The van der Waals surface area contributed by atoms with Crippen LogP contribution in [0.5, 0.6) is 5.75 Å². The van der Waals surface area contributed by atoms with Crippen LogP contribution < -0.4 is 4.74 Å². The minimum absolute atomic E-state index is 0.146. The van der Waals surface area contributed by atoms with Gasteiger partial charge in [-0.15, -0.1) is 0 Å². The Morgan fingerprint density at radius 3 is 2.43 bits per heavy atom. The van der Waals surface area contributed by atoms with Crippen LogP contribution in [-0.4, -0.2) is 31.9 Å². The van der Waals surface area contributed by atoms with Crippen LogP contribution in [0.3, 0.4) is 0 Å². The molecule has 1 radical (unpaired) electrons. The molecule has 0 saturated carbocycles. The zero-order valence-corrected chi connectivity index (χ0v) is 16.3. The Kier molecular flexibility index (Phi) is 5.46. The first-order valence-corrected chi connectivity index (χ1v) is 10.9. The summed E-state index contributed by atoms with van der Waals surface area (Å²) in [7, 11) is -3.49. The highest BCUT2D eigenvalue weighted by Gasteiger charge is 2.35. The number of rotatable bonds is 6. The second-order valence-corrected chi connectivity index (χ2v) is 8.73. The topological polar surface area (TPSA) is 46.6 Å². The Hall–Kier alpha value is -2.63. The number of sulfonamides is 1. The van der Waals surface area contributed by atoms with Crippen LogP contribution in [0.25, 0.3) is 11.1 Å². The molecule has 0 spiro atoms. The third-order valence-electron chi connectivity index (χ3n) is 4.99. The molecule has 1 saturated heterocycles. The molecule has 5 heteroatoms. The predicted molar refractivity (Wildman–Crippen MR) is 110 cm³/mol. The van der Waals surface area contributed by atoms with Gasteiger partial charge in [-0.25, -0.2) is 8.42 Å². The Bertz CT molecular complexity index is 1000. The maximum absolute atomic E-state index is 12.9. The SMILES string of the molecule is O=S(=O)(c1ccccc1)N1CCC[C@H]1COc1ccc(-c2[c]cccc2)cc1. The van der Waals surface area contributed by atoms with E-state index in [2.05, 4.69) is 6.07 Å². The molecule has 28 heavy (non-hydrogen) atoms. The van der Waals surface area contributed by atoms with E-state index in [1.54, 1.807) is 28.6 Å². The van der Waals surface area contributed by atoms with Crippen LogP contribution in [-0.2, 0) is 10.0 Å². The molecule has 1 fully saturated rings. The van der Waals surface area contributed by atoms with Gasteiger partial charge in [-0.05, 0) is 54.3 Å². The van der Waals surface area contributed by atoms with Gasteiger partial charge >= 0.3 is 0 Å². The zero-order valence-electron chi connectivity index (χ0n) is 15.5. The van der Waals surface area contributed by atoms with Crippen molar-refractivity contribution >= 4 is 10.0 Å². The van der Waals surface area contributed by atoms with Crippen molar-refractivity contribution in [3.63, 3.8) is 0 Å². The largest absolute Gasteiger partial charge is 0.492 e. The molecule has 1 atom stereocenters. The van der Waals surface area contributed by atoms with Gasteiger partial charge in [0.15, 0.2) is 0 Å². The van der Waals surface area contributed by atoms with E-state index in [1.165, 1.54) is 0 Å². The van der Waals surface area contributed by atoms with Crippen molar-refractivity contribution in [3.8, 4) is 16.9 Å². The molecule has 1 aliphatic heterocycles. The van der Waals surface area contributed by atoms with E-state index in [4.69, 9.17) is 4.74 Å². The predicted octanol–water partition coefficient (Wildman–Crippen LogP) is 4.39. The van der Waals surface area contributed by atoms with Gasteiger partial charge in [0.05, 0.1) is 10.9 Å². The molecule has 0 amide bonds. The van der Waals surface area contributed by atoms with Gasteiger partial charge in [0.1, 0.15) is 12.4 Å². The first kappa shape index (κ1) is 18.7. The van der Waals surface area contributed by atoms with Gasteiger partial charge in [-0.1, -0.05) is 54.6 Å². The van der Waals surface area contributed by atoms with Gasteiger partial charge < -0.3 is 4.74 Å². The Morgan fingerprint density at radius 2 is 1.71 bits per heavy atom. The van der Waals surface area contributed by atoms with Gasteiger partial charge in [0.25, 0.3) is 0 Å². The van der Waals surface area contributed by atoms with Crippen molar-refractivity contribution in [2.45, 2.75) is 23.8 Å². The van der Waals surface area contributed by atoms with Crippen molar-refractivity contribution in [1.29, 1.82) is 0 Å². The van der Waals surface area contributed by atoms with Crippen molar-refractivity contribution in [3.05, 3.63) is 84.9 Å². The van der Waals surface area contributed by atoms with E-state index >= 15 is 0 Å². The maximum atomic E-state index is 12.9. The number of benzene rings is 3. The smallest absolute Gasteiger partial charge is 0.243 e. The summed E-state index contributed by atoms with van der Waals surface area (Å²) in [5, 5.41) is 0. The van der Waals surface area contributed by atoms with E-state index in [-0.39, 0.29) is 6.04 Å². The molecular weight excluding hydrogens is 370 g/mol. The van der Waals surface area contributed by atoms with Gasteiger partial charge in [0.2, 0.25) is 10.0 Å². The molecule has 1 heterocycles. The van der Waals surface area contributed by atoms with E-state index in [0.29, 0.717) is 18.0 Å². The summed E-state index contributed by atoms with van der Waals surface area (Å²) in [5.41, 5.74) is 2.10. The number of hydrogen-bond acceptors (Lipinski definition) is 3. The number of hydrogen-bond donors (Lipinski definition) is 0. The summed E-state index contributed by atoms with van der Waals surface area (Å²) < 4.78 is 33.4. The van der Waals surface area contributed by atoms with E-state index < -0.39 is 10.0 Å². The van der Waals surface area contributed by atoms with Crippen molar-refractivity contribution in [2.75, 3.05) is 13.2 Å². The lowest BCUT2D eigenvalue weighted by Gasteiger charge is -2.24. The second kappa shape index (κ2) is 8.17. The summed E-state index contributed by atoms with van der Waals surface area (Å²) in [6, 6.07) is 27.3. The monoisotopic (exact) mass is 392 g/mol. The molecule has 143 valence electrons. The molecule has 3 aromatic carbocycles. The van der Waals surface area contributed by atoms with Gasteiger partial charge in [-0.2, -0.15) is 4.31 Å². The molecular formula is C23H22NO3S. The average molecular weight is 392 g/mol. The second-order valence-electron chi connectivity index (χ2n) is 6.84. The van der Waals surface area contributed by atoms with Crippen LogP contribution in [0.2, 0.25) is 0 Å². The molecule has 0 aliphatic carbocycles. The molecule has 4 nitrogen and oxygen atoms in total. The minimum Gasteiger partial charge on any atom is -0.492 e. The number of ether oxygens (including phenoxy) is 1. The minimum atomic E-state index is -3.49. The Balaban J connectivity index is 1.43. The first-order chi connectivity index (χ1) is 13.6. The summed E-state index contributed by atoms with van der Waals surface area (Å²) in [6.07, 6.45) is 1.66. The highest BCUT2D eigenvalue weighted by atomic mass is 32.2. The standard InChI is InChI=1S/C23H22NO3S/c25-28(26,23-11-5-2-6-12-23)24-17-7-10-21(24)18-27-22-15-13-20(14-16-22)19-8-3-1-4-9-19/h1-6,8,11-16,21H,7,10,17-18H2/t21-/m0/s1. The molecule has 4 rings (SSSR count). The molecule has 0 bridgehead atoms. The lowest BCUT2D eigenvalue weighted by molar-refractivity contribution is 0.232. The maximum Gasteiger partial charge on any atom is 0.243 e. The quantitative estimate of drug-likeness (QED) is 0.625. The molecule has 3 aromatic rings. The average Bonchev–Trinajstić information content (AvgIpc) is 3.23. The fourth-order valence-electron chi connectivity index (χ4n) is 3.52. The Labute approximate surface area is 166 Å². The van der Waals surface area contributed by atoms with E-state index in [9.17, 15) is 8.42 Å². The fraction of sp³-hybridized carbons (Fsp3) is 0.217. The number of nitrogens with zero attached hydrogens (tertiary/aromatic N) is 1. The van der Waals surface area contributed by atoms with Crippen molar-refractivity contribution in [1.82, 2.24) is 4.31 Å². The van der Waals surface area contributed by atoms with Crippen LogP contribution in [0, 0.1) is 6.07 Å². The summed E-state index contributed by atoms with van der Waals surface area (Å²) in [6.45, 7) is 0.886. The van der Waals surface area contributed by atoms with Crippen molar-refractivity contribution in [2.24, 2.45) is 0 Å². The van der Waals surface area contributed by atoms with E-state index in [0.717, 1.165) is 29.7 Å². The third kappa shape index (κ3) is 3.96. The van der Waals surface area contributed by atoms with E-state index in [1.807, 2.05) is 54.6 Å². The highest BCUT2D eigenvalue weighted by Crippen LogP contribution is 2.27. The fourth-order valence-corrected chi connectivity index (χ4v) is 5.22. The zero-order chi connectivity index (χ0) is 19.4. The normalized spacial score (nSPS) is 17.5. The molecule has 0 aromatic heterocycles. The van der Waals surface area contributed by atoms with Crippen LogP contribution in [0.4, 0.5) is 0 Å². The first-order valence-electron chi connectivity index (χ1n) is 9.41. The van der Waals surface area contributed by atoms with Crippen LogP contribution in [0.15, 0.2) is 83.8 Å². The van der Waals surface area contributed by atoms with Gasteiger partial charge in [-0.3, -0.25) is 0 Å². The third-order valence-corrected chi connectivity index (χ3v) is 6.96. The molecule has 1 aliphatic rings. The molecule has 0 N–H and O–H groups in total. The van der Waals surface area contributed by atoms with Crippen LogP contribution >= 0.6 is 0 Å². The lowest BCUT2D eigenvalue weighted by atomic mass is 10.1. The summed E-state index contributed by atoms with van der Waals surface area (Å²) >= 11 is 0. The van der Waals surface area contributed by atoms with Gasteiger partial charge in [0, 0.05) is 6.54 Å². The van der Waals surface area contributed by atoms with Crippen molar-refractivity contribution < 1.29 is 13.2 Å². The van der Waals surface area contributed by atoms with Crippen LogP contribution in [0.1, 0.15) is 12.8 Å². The summed E-state index contributed by atoms with van der Waals surface area (Å²) in [5.74, 6) is 0.739.